The van der Waals surface area contributed by atoms with Gasteiger partial charge in [0.2, 0.25) is 0 Å². The first kappa shape index (κ1) is 11.6. The molecule has 0 N–H and O–H groups in total. The Morgan fingerprint density at radius 1 is 1.25 bits per heavy atom. The predicted octanol–water partition coefficient (Wildman–Crippen LogP) is 3.97. The molecule has 0 radical (unpaired) electrons. The second kappa shape index (κ2) is 6.01. The quantitative estimate of drug-likeness (QED) is 0.615. The zero-order valence-electron chi connectivity index (χ0n) is 8.73. The van der Waals surface area contributed by atoms with E-state index in [1.165, 1.54) is 0 Å². The highest BCUT2D eigenvalue weighted by Crippen LogP contribution is 2.23. The van der Waals surface area contributed by atoms with Crippen molar-refractivity contribution in [1.29, 1.82) is 0 Å². The topological polar surface area (TPSA) is 22.1 Å². The van der Waals surface area contributed by atoms with Crippen LogP contribution in [0.3, 0.4) is 0 Å². The molecule has 4 heteroatoms. The van der Waals surface area contributed by atoms with Crippen molar-refractivity contribution in [1.82, 2.24) is 4.98 Å². The molecule has 0 saturated heterocycles. The van der Waals surface area contributed by atoms with E-state index in [1.807, 2.05) is 35.8 Å². The van der Waals surface area contributed by atoms with Gasteiger partial charge in [-0.05, 0) is 30.7 Å². The van der Waals surface area contributed by atoms with Crippen molar-refractivity contribution in [2.24, 2.45) is 0 Å². The van der Waals surface area contributed by atoms with Crippen LogP contribution >= 0.6 is 27.3 Å². The van der Waals surface area contributed by atoms with Crippen LogP contribution in [-0.4, -0.2) is 16.9 Å². The SMILES string of the molecule is BrCCCOc1ccc(-c2nccs2)cc1. The molecule has 1 aromatic carbocycles. The number of alkyl halides is 1. The minimum absolute atomic E-state index is 0.752. The number of aromatic nitrogens is 1. The summed E-state index contributed by atoms with van der Waals surface area (Å²) in [6, 6.07) is 8.07. The van der Waals surface area contributed by atoms with Crippen LogP contribution in [-0.2, 0) is 0 Å². The first-order chi connectivity index (χ1) is 7.90. The van der Waals surface area contributed by atoms with E-state index in [0.29, 0.717) is 0 Å². The van der Waals surface area contributed by atoms with Crippen LogP contribution in [0.5, 0.6) is 5.75 Å². The van der Waals surface area contributed by atoms with Crippen LogP contribution in [0.1, 0.15) is 6.42 Å². The van der Waals surface area contributed by atoms with E-state index < -0.39 is 0 Å². The molecule has 0 atom stereocenters. The number of nitrogens with zero attached hydrogens (tertiary/aromatic N) is 1. The largest absolute Gasteiger partial charge is 0.494 e. The monoisotopic (exact) mass is 297 g/mol. The number of rotatable bonds is 5. The van der Waals surface area contributed by atoms with Crippen molar-refractivity contribution < 1.29 is 4.74 Å². The van der Waals surface area contributed by atoms with Crippen LogP contribution in [0.25, 0.3) is 10.6 Å². The van der Waals surface area contributed by atoms with Gasteiger partial charge in [-0.25, -0.2) is 4.98 Å². The summed E-state index contributed by atoms with van der Waals surface area (Å²) in [5.74, 6) is 0.918. The Bertz CT molecular complexity index is 413. The van der Waals surface area contributed by atoms with Gasteiger partial charge in [-0.3, -0.25) is 0 Å². The number of thiazole rings is 1. The summed E-state index contributed by atoms with van der Waals surface area (Å²) in [5, 5.41) is 4.01. The van der Waals surface area contributed by atoms with Crippen molar-refractivity contribution >= 4 is 27.3 Å². The average molecular weight is 298 g/mol. The van der Waals surface area contributed by atoms with E-state index in [9.17, 15) is 0 Å². The summed E-state index contributed by atoms with van der Waals surface area (Å²) in [5.41, 5.74) is 1.14. The average Bonchev–Trinajstić information content (AvgIpc) is 2.84. The number of halogens is 1. The maximum atomic E-state index is 5.57. The highest BCUT2D eigenvalue weighted by atomic mass is 79.9. The Morgan fingerprint density at radius 3 is 2.69 bits per heavy atom. The van der Waals surface area contributed by atoms with Crippen LogP contribution < -0.4 is 4.74 Å². The Balaban J connectivity index is 2.00. The Kier molecular flexibility index (Phi) is 4.36. The lowest BCUT2D eigenvalue weighted by molar-refractivity contribution is 0.319. The molecule has 1 heterocycles. The van der Waals surface area contributed by atoms with Crippen molar-refractivity contribution in [3.63, 3.8) is 0 Å². The highest BCUT2D eigenvalue weighted by Gasteiger charge is 2.00. The van der Waals surface area contributed by atoms with Crippen LogP contribution in [0, 0.1) is 0 Å². The maximum absolute atomic E-state index is 5.57. The van der Waals surface area contributed by atoms with Gasteiger partial charge < -0.3 is 4.74 Å². The van der Waals surface area contributed by atoms with Gasteiger partial charge >= 0.3 is 0 Å². The fourth-order valence-corrected chi connectivity index (χ4v) is 2.18. The standard InChI is InChI=1S/C12H12BrNOS/c13-6-1-8-15-11-4-2-10(3-5-11)12-14-7-9-16-12/h2-5,7,9H,1,6,8H2. The molecule has 0 fully saturated rings. The summed E-state index contributed by atoms with van der Waals surface area (Å²) in [4.78, 5) is 4.26. The third-order valence-electron chi connectivity index (χ3n) is 2.08. The van der Waals surface area contributed by atoms with Crippen molar-refractivity contribution in [3.05, 3.63) is 35.8 Å². The molecule has 0 unspecified atom stereocenters. The highest BCUT2D eigenvalue weighted by molar-refractivity contribution is 9.09. The first-order valence-electron chi connectivity index (χ1n) is 5.09. The molecule has 0 aliphatic rings. The van der Waals surface area contributed by atoms with E-state index in [0.717, 1.165) is 34.7 Å². The fraction of sp³-hybridized carbons (Fsp3) is 0.250. The number of hydrogen-bond acceptors (Lipinski definition) is 3. The number of benzene rings is 1. The summed E-state index contributed by atoms with van der Waals surface area (Å²) in [6.45, 7) is 0.752. The molecule has 2 nitrogen and oxygen atoms in total. The molecular weight excluding hydrogens is 286 g/mol. The van der Waals surface area contributed by atoms with Crippen LogP contribution in [0.15, 0.2) is 35.8 Å². The molecule has 0 bridgehead atoms. The third-order valence-corrected chi connectivity index (χ3v) is 3.46. The van der Waals surface area contributed by atoms with E-state index in [4.69, 9.17) is 4.74 Å². The Morgan fingerprint density at radius 2 is 2.06 bits per heavy atom. The molecule has 84 valence electrons. The lowest BCUT2D eigenvalue weighted by Gasteiger charge is -2.05. The summed E-state index contributed by atoms with van der Waals surface area (Å²) in [6.07, 6.45) is 2.84. The second-order valence-electron chi connectivity index (χ2n) is 3.25. The maximum Gasteiger partial charge on any atom is 0.123 e. The Labute approximate surface area is 107 Å². The molecule has 1 aromatic heterocycles. The summed E-state index contributed by atoms with van der Waals surface area (Å²) in [7, 11) is 0. The molecule has 2 rings (SSSR count). The molecule has 0 aliphatic heterocycles. The van der Waals surface area contributed by atoms with Gasteiger partial charge in [0.1, 0.15) is 10.8 Å². The van der Waals surface area contributed by atoms with Crippen molar-refractivity contribution in [2.75, 3.05) is 11.9 Å². The third kappa shape index (κ3) is 3.06. The fourth-order valence-electron chi connectivity index (χ4n) is 1.30. The number of hydrogen-bond donors (Lipinski definition) is 0. The van der Waals surface area contributed by atoms with Gasteiger partial charge in [-0.1, -0.05) is 15.9 Å². The second-order valence-corrected chi connectivity index (χ2v) is 4.94. The molecule has 0 saturated carbocycles. The van der Waals surface area contributed by atoms with Gasteiger partial charge in [0.25, 0.3) is 0 Å². The minimum Gasteiger partial charge on any atom is -0.494 e. The zero-order chi connectivity index (χ0) is 11.2. The van der Waals surface area contributed by atoms with E-state index in [2.05, 4.69) is 20.9 Å². The van der Waals surface area contributed by atoms with E-state index >= 15 is 0 Å². The van der Waals surface area contributed by atoms with Crippen LogP contribution in [0.4, 0.5) is 0 Å². The van der Waals surface area contributed by atoms with Crippen LogP contribution in [0.2, 0.25) is 0 Å². The zero-order valence-corrected chi connectivity index (χ0v) is 11.1. The summed E-state index contributed by atoms with van der Waals surface area (Å²) < 4.78 is 5.57. The minimum atomic E-state index is 0.752. The van der Waals surface area contributed by atoms with E-state index in [-0.39, 0.29) is 0 Å². The Hall–Kier alpha value is -0.870. The summed E-state index contributed by atoms with van der Waals surface area (Å²) >= 11 is 5.02. The van der Waals surface area contributed by atoms with Gasteiger partial charge in [-0.15, -0.1) is 11.3 Å². The van der Waals surface area contributed by atoms with Crippen molar-refractivity contribution in [3.8, 4) is 16.3 Å². The lowest BCUT2D eigenvalue weighted by atomic mass is 10.2. The van der Waals surface area contributed by atoms with Gasteiger partial charge in [0, 0.05) is 22.5 Å². The smallest absolute Gasteiger partial charge is 0.123 e. The molecule has 2 aromatic rings. The predicted molar refractivity (Wildman–Crippen MR) is 71.5 cm³/mol. The molecule has 0 spiro atoms. The van der Waals surface area contributed by atoms with Gasteiger partial charge in [-0.2, -0.15) is 0 Å². The molecular formula is C12H12BrNOS. The molecule has 0 aliphatic carbocycles. The van der Waals surface area contributed by atoms with E-state index in [1.54, 1.807) is 11.3 Å². The first-order valence-corrected chi connectivity index (χ1v) is 7.09. The van der Waals surface area contributed by atoms with Gasteiger partial charge in [0.15, 0.2) is 0 Å². The molecule has 0 amide bonds. The lowest BCUT2D eigenvalue weighted by Crippen LogP contribution is -1.97. The normalized spacial score (nSPS) is 10.3. The molecule has 16 heavy (non-hydrogen) atoms. The number of ether oxygens (including phenoxy) is 1. The van der Waals surface area contributed by atoms with Crippen molar-refractivity contribution in [2.45, 2.75) is 6.42 Å². The van der Waals surface area contributed by atoms with Gasteiger partial charge in [0.05, 0.1) is 6.61 Å².